The quantitative estimate of drug-likeness (QED) is 0.587. The third-order valence-electron chi connectivity index (χ3n) is 8.25. The van der Waals surface area contributed by atoms with Gasteiger partial charge in [0.05, 0.1) is 4.75 Å². The molecule has 2 aliphatic carbocycles. The van der Waals surface area contributed by atoms with Gasteiger partial charge >= 0.3 is 0 Å². The molecule has 0 aromatic rings. The maximum Gasteiger partial charge on any atom is 0.259 e. The average molecular weight is 494 g/mol. The van der Waals surface area contributed by atoms with Crippen molar-refractivity contribution in [1.29, 1.82) is 0 Å². The number of fused-ring (bicyclic) bond motifs is 2. The van der Waals surface area contributed by atoms with E-state index in [1.165, 1.54) is 0 Å². The maximum absolute atomic E-state index is 13.4. The molecule has 0 aromatic carbocycles. The summed E-state index contributed by atoms with van der Waals surface area (Å²) < 4.78 is 26.8. The number of allylic oxidation sites excluding steroid dienone is 1. The van der Waals surface area contributed by atoms with E-state index in [4.69, 9.17) is 0 Å². The van der Waals surface area contributed by atoms with E-state index in [1.807, 2.05) is 19.1 Å². The molecule has 0 aromatic heterocycles. The van der Waals surface area contributed by atoms with E-state index in [2.05, 4.69) is 23.9 Å². The highest BCUT2D eigenvalue weighted by atomic mass is 32.2. The molecule has 2 aliphatic heterocycles. The van der Waals surface area contributed by atoms with Gasteiger partial charge in [0, 0.05) is 18.9 Å². The Morgan fingerprint density at radius 2 is 1.82 bits per heavy atom. The predicted octanol–water partition coefficient (Wildman–Crippen LogP) is 2.50. The Labute approximate surface area is 203 Å². The number of nitrogens with zero attached hydrogens (tertiary/aromatic N) is 1. The van der Waals surface area contributed by atoms with E-state index in [0.29, 0.717) is 44.6 Å². The lowest BCUT2D eigenvalue weighted by Gasteiger charge is -2.28. The molecule has 0 spiro atoms. The Bertz CT molecular complexity index is 989. The first-order valence-electron chi connectivity index (χ1n) is 12.7. The van der Waals surface area contributed by atoms with Crippen LogP contribution >= 0.6 is 0 Å². The molecule has 6 atom stereocenters. The van der Waals surface area contributed by atoms with Gasteiger partial charge in [-0.3, -0.25) is 19.1 Å². The summed E-state index contributed by atoms with van der Waals surface area (Å²) in [5.74, 6) is -0.442. The predicted molar refractivity (Wildman–Crippen MR) is 129 cm³/mol. The molecule has 6 unspecified atom stereocenters. The molecule has 34 heavy (non-hydrogen) atoms. The summed E-state index contributed by atoms with van der Waals surface area (Å²) in [5, 5.41) is 2.90. The number of nitrogens with one attached hydrogen (secondary N) is 2. The van der Waals surface area contributed by atoms with Crippen molar-refractivity contribution >= 4 is 27.7 Å². The lowest BCUT2D eigenvalue weighted by molar-refractivity contribution is -0.140. The fraction of sp³-hybridized carbons (Fsp3) is 0.800. The van der Waals surface area contributed by atoms with Crippen molar-refractivity contribution in [3.8, 4) is 0 Å². The first kappa shape index (κ1) is 25.2. The molecular formula is C25H39N3O5S. The van der Waals surface area contributed by atoms with Crippen molar-refractivity contribution in [2.24, 2.45) is 23.7 Å². The number of rotatable bonds is 3. The van der Waals surface area contributed by atoms with Gasteiger partial charge in [-0.2, -0.15) is 0 Å². The van der Waals surface area contributed by atoms with Gasteiger partial charge in [0.2, 0.25) is 21.8 Å². The van der Waals surface area contributed by atoms with Crippen molar-refractivity contribution in [2.75, 3.05) is 6.54 Å². The van der Waals surface area contributed by atoms with Crippen LogP contribution in [0, 0.1) is 23.7 Å². The van der Waals surface area contributed by atoms with E-state index in [9.17, 15) is 22.8 Å². The minimum atomic E-state index is -3.82. The molecule has 2 N–H and O–H groups in total. The van der Waals surface area contributed by atoms with Gasteiger partial charge in [-0.05, 0) is 69.6 Å². The molecular weight excluding hydrogens is 454 g/mol. The second-order valence-electron chi connectivity index (χ2n) is 11.7. The lowest BCUT2D eigenvalue weighted by Crippen LogP contribution is -2.57. The Balaban J connectivity index is 1.59. The Morgan fingerprint density at radius 3 is 2.50 bits per heavy atom. The Kier molecular flexibility index (Phi) is 6.64. The van der Waals surface area contributed by atoms with E-state index in [1.54, 1.807) is 11.8 Å². The number of hydrogen-bond donors (Lipinski definition) is 2. The smallest absolute Gasteiger partial charge is 0.259 e. The molecule has 3 fully saturated rings. The number of sulfonamides is 1. The molecule has 3 amide bonds. The topological polar surface area (TPSA) is 113 Å². The van der Waals surface area contributed by atoms with Gasteiger partial charge in [0.1, 0.15) is 11.6 Å². The standard InChI is InChI=1S/C25H39N3O5S/c1-16-7-5-6-8-19-14-25(19,23(31)27-34(32,33)24(4)9-10-24)26-22(30)20-12-18(3)15-28(20)21(29)13-17(2)11-16/h6,8,16-20H,5,7,9-15H2,1-4H3,(H,26,30)(H,27,31). The Morgan fingerprint density at radius 1 is 1.12 bits per heavy atom. The summed E-state index contributed by atoms with van der Waals surface area (Å²) >= 11 is 0. The van der Waals surface area contributed by atoms with Gasteiger partial charge in [-0.1, -0.05) is 32.9 Å². The molecule has 1 saturated heterocycles. The van der Waals surface area contributed by atoms with Crippen LogP contribution in [0.5, 0.6) is 0 Å². The second kappa shape index (κ2) is 8.95. The molecule has 2 saturated carbocycles. The van der Waals surface area contributed by atoms with Gasteiger partial charge < -0.3 is 10.2 Å². The molecule has 0 radical (unpaired) electrons. The van der Waals surface area contributed by atoms with Crippen LogP contribution in [-0.4, -0.2) is 53.9 Å². The molecule has 190 valence electrons. The highest BCUT2D eigenvalue weighted by Gasteiger charge is 2.63. The fourth-order valence-electron chi connectivity index (χ4n) is 5.58. The molecule has 8 nitrogen and oxygen atoms in total. The van der Waals surface area contributed by atoms with Crippen LogP contribution in [0.3, 0.4) is 0 Å². The van der Waals surface area contributed by atoms with E-state index in [0.717, 1.165) is 19.3 Å². The van der Waals surface area contributed by atoms with Crippen LogP contribution in [-0.2, 0) is 24.4 Å². The SMILES string of the molecule is CC1CCC=CC2CC2(C(=O)NS(=O)(=O)C2(C)CC2)NC(=O)C2CC(C)CN2C(=O)CC(C)C1. The zero-order valence-electron chi connectivity index (χ0n) is 20.8. The van der Waals surface area contributed by atoms with Crippen molar-refractivity contribution in [3.63, 3.8) is 0 Å². The van der Waals surface area contributed by atoms with Crippen molar-refractivity contribution in [3.05, 3.63) is 12.2 Å². The Hall–Kier alpha value is -1.90. The van der Waals surface area contributed by atoms with E-state index < -0.39 is 32.3 Å². The van der Waals surface area contributed by atoms with Crippen molar-refractivity contribution in [1.82, 2.24) is 14.9 Å². The van der Waals surface area contributed by atoms with Crippen LogP contribution in [0.25, 0.3) is 0 Å². The van der Waals surface area contributed by atoms with Gasteiger partial charge in [0.15, 0.2) is 0 Å². The second-order valence-corrected chi connectivity index (χ2v) is 13.9. The number of carbonyl (C=O) groups is 3. The summed E-state index contributed by atoms with van der Waals surface area (Å²) in [7, 11) is -3.82. The van der Waals surface area contributed by atoms with E-state index >= 15 is 0 Å². The fourth-order valence-corrected chi connectivity index (χ4v) is 6.89. The van der Waals surface area contributed by atoms with E-state index in [-0.39, 0.29) is 29.6 Å². The van der Waals surface area contributed by atoms with Crippen LogP contribution in [0.15, 0.2) is 12.2 Å². The summed E-state index contributed by atoms with van der Waals surface area (Å²) in [4.78, 5) is 41.5. The monoisotopic (exact) mass is 493 g/mol. The first-order chi connectivity index (χ1) is 15.9. The minimum absolute atomic E-state index is 0.0210. The highest BCUT2D eigenvalue weighted by molar-refractivity contribution is 7.91. The third kappa shape index (κ3) is 4.90. The lowest BCUT2D eigenvalue weighted by atomic mass is 9.91. The van der Waals surface area contributed by atoms with Gasteiger partial charge in [0.25, 0.3) is 5.91 Å². The molecule has 2 heterocycles. The first-order valence-corrected chi connectivity index (χ1v) is 14.2. The molecule has 0 bridgehead atoms. The van der Waals surface area contributed by atoms with Crippen LogP contribution < -0.4 is 10.0 Å². The number of amides is 3. The summed E-state index contributed by atoms with van der Waals surface area (Å²) in [5.41, 5.74) is -1.29. The zero-order valence-corrected chi connectivity index (χ0v) is 21.6. The summed E-state index contributed by atoms with van der Waals surface area (Å²) in [6, 6.07) is -0.635. The number of carbonyl (C=O) groups excluding carboxylic acids is 3. The van der Waals surface area contributed by atoms with Gasteiger partial charge in [-0.15, -0.1) is 0 Å². The van der Waals surface area contributed by atoms with Gasteiger partial charge in [-0.25, -0.2) is 8.42 Å². The highest BCUT2D eigenvalue weighted by Crippen LogP contribution is 2.47. The van der Waals surface area contributed by atoms with Crippen molar-refractivity contribution < 1.29 is 22.8 Å². The average Bonchev–Trinajstić information content (AvgIpc) is 3.61. The largest absolute Gasteiger partial charge is 0.339 e. The molecule has 9 heteroatoms. The van der Waals surface area contributed by atoms with Crippen LogP contribution in [0.4, 0.5) is 0 Å². The zero-order chi connectivity index (χ0) is 24.9. The molecule has 4 aliphatic rings. The molecule has 4 rings (SSSR count). The normalized spacial score (nSPS) is 38.1. The third-order valence-corrected chi connectivity index (χ3v) is 10.4. The summed E-state index contributed by atoms with van der Waals surface area (Å²) in [6.07, 6.45) is 9.09. The number of hydrogen-bond acceptors (Lipinski definition) is 5. The maximum atomic E-state index is 13.4. The summed E-state index contributed by atoms with van der Waals surface area (Å²) in [6.45, 7) is 8.45. The minimum Gasteiger partial charge on any atom is -0.339 e. The van der Waals surface area contributed by atoms with Crippen molar-refractivity contribution in [2.45, 2.75) is 95.4 Å². The van der Waals surface area contributed by atoms with Crippen LogP contribution in [0.2, 0.25) is 0 Å². The van der Waals surface area contributed by atoms with Crippen LogP contribution in [0.1, 0.15) is 79.1 Å².